The minimum absolute atomic E-state index is 0.746. The lowest BCUT2D eigenvalue weighted by atomic mass is 10.1. The molecule has 0 saturated carbocycles. The summed E-state index contributed by atoms with van der Waals surface area (Å²) in [6.07, 6.45) is 0.967. The Morgan fingerprint density at radius 1 is 1.29 bits per heavy atom. The number of rotatable bonds is 1. The topological polar surface area (TPSA) is 12.9 Å². The van der Waals surface area contributed by atoms with Gasteiger partial charge < -0.3 is 0 Å². The van der Waals surface area contributed by atoms with E-state index in [4.69, 9.17) is 11.6 Å². The second-order valence-corrected chi connectivity index (χ2v) is 3.88. The van der Waals surface area contributed by atoms with Crippen LogP contribution in [-0.4, -0.2) is 4.98 Å². The van der Waals surface area contributed by atoms with Gasteiger partial charge in [0, 0.05) is 16.1 Å². The van der Waals surface area contributed by atoms with Crippen LogP contribution in [0.15, 0.2) is 24.3 Å². The van der Waals surface area contributed by atoms with E-state index in [1.807, 2.05) is 18.2 Å². The van der Waals surface area contributed by atoms with E-state index >= 15 is 0 Å². The summed E-state index contributed by atoms with van der Waals surface area (Å²) in [7, 11) is 0. The zero-order valence-corrected chi connectivity index (χ0v) is 9.10. The van der Waals surface area contributed by atoms with Crippen molar-refractivity contribution in [2.24, 2.45) is 0 Å². The van der Waals surface area contributed by atoms with Crippen molar-refractivity contribution in [3.63, 3.8) is 0 Å². The maximum atomic E-state index is 5.91. The van der Waals surface area contributed by atoms with Crippen LogP contribution in [0.2, 0.25) is 5.02 Å². The Balaban J connectivity index is 2.73. The van der Waals surface area contributed by atoms with Crippen molar-refractivity contribution in [2.45, 2.75) is 20.3 Å². The molecule has 1 nitrogen and oxygen atoms in total. The zero-order chi connectivity index (χ0) is 10.1. The van der Waals surface area contributed by atoms with Crippen LogP contribution in [0.5, 0.6) is 0 Å². The molecular weight excluding hydrogens is 194 g/mol. The minimum atomic E-state index is 0.746. The molecule has 0 bridgehead atoms. The molecule has 0 aliphatic carbocycles. The van der Waals surface area contributed by atoms with Gasteiger partial charge >= 0.3 is 0 Å². The molecule has 0 atom stereocenters. The minimum Gasteiger partial charge on any atom is -0.253 e. The number of hydrogen-bond acceptors (Lipinski definition) is 1. The standard InChI is InChI=1S/C12H12ClN/c1-3-11-8(2)6-9-4-5-10(13)7-12(9)14-11/h4-7H,3H2,1-2H3. The van der Waals surface area contributed by atoms with Crippen LogP contribution in [0.25, 0.3) is 10.9 Å². The van der Waals surface area contributed by atoms with Crippen LogP contribution in [-0.2, 0) is 6.42 Å². The Kier molecular flexibility index (Phi) is 2.42. The number of pyridine rings is 1. The molecule has 0 spiro atoms. The van der Waals surface area contributed by atoms with Crippen LogP contribution in [0.4, 0.5) is 0 Å². The third-order valence-corrected chi connectivity index (χ3v) is 2.65. The van der Waals surface area contributed by atoms with E-state index in [-0.39, 0.29) is 0 Å². The summed E-state index contributed by atoms with van der Waals surface area (Å²) in [6.45, 7) is 4.21. The summed E-state index contributed by atoms with van der Waals surface area (Å²) < 4.78 is 0. The third-order valence-electron chi connectivity index (χ3n) is 2.41. The highest BCUT2D eigenvalue weighted by atomic mass is 35.5. The molecule has 2 rings (SSSR count). The molecule has 14 heavy (non-hydrogen) atoms. The van der Waals surface area contributed by atoms with Gasteiger partial charge in [-0.05, 0) is 37.1 Å². The zero-order valence-electron chi connectivity index (χ0n) is 8.34. The van der Waals surface area contributed by atoms with Gasteiger partial charge in [0.25, 0.3) is 0 Å². The normalized spacial score (nSPS) is 10.8. The fourth-order valence-corrected chi connectivity index (χ4v) is 1.81. The number of fused-ring (bicyclic) bond motifs is 1. The number of aromatic nitrogens is 1. The lowest BCUT2D eigenvalue weighted by molar-refractivity contribution is 1.03. The van der Waals surface area contributed by atoms with Crippen LogP contribution >= 0.6 is 11.6 Å². The first-order chi connectivity index (χ1) is 6.70. The maximum Gasteiger partial charge on any atom is 0.0720 e. The second kappa shape index (κ2) is 3.58. The largest absolute Gasteiger partial charge is 0.253 e. The van der Waals surface area contributed by atoms with Gasteiger partial charge in [-0.1, -0.05) is 24.6 Å². The lowest BCUT2D eigenvalue weighted by Crippen LogP contribution is -1.92. The van der Waals surface area contributed by atoms with Crippen molar-refractivity contribution in [3.8, 4) is 0 Å². The van der Waals surface area contributed by atoms with Crippen LogP contribution < -0.4 is 0 Å². The molecular formula is C12H12ClN. The highest BCUT2D eigenvalue weighted by Crippen LogP contribution is 2.20. The molecule has 0 amide bonds. The van der Waals surface area contributed by atoms with Crippen molar-refractivity contribution in [1.29, 1.82) is 0 Å². The van der Waals surface area contributed by atoms with E-state index < -0.39 is 0 Å². The van der Waals surface area contributed by atoms with Gasteiger partial charge in [0.15, 0.2) is 0 Å². The van der Waals surface area contributed by atoms with Gasteiger partial charge in [0.2, 0.25) is 0 Å². The van der Waals surface area contributed by atoms with E-state index in [1.165, 1.54) is 5.56 Å². The van der Waals surface area contributed by atoms with Gasteiger partial charge in [-0.3, -0.25) is 4.98 Å². The van der Waals surface area contributed by atoms with Crippen molar-refractivity contribution >= 4 is 22.5 Å². The predicted molar refractivity (Wildman–Crippen MR) is 60.9 cm³/mol. The molecule has 0 unspecified atom stereocenters. The van der Waals surface area contributed by atoms with Gasteiger partial charge in [0.05, 0.1) is 5.52 Å². The number of nitrogens with zero attached hydrogens (tertiary/aromatic N) is 1. The van der Waals surface area contributed by atoms with Crippen LogP contribution in [0.3, 0.4) is 0 Å². The maximum absolute atomic E-state index is 5.91. The molecule has 1 aromatic heterocycles. The van der Waals surface area contributed by atoms with Gasteiger partial charge in [-0.2, -0.15) is 0 Å². The summed E-state index contributed by atoms with van der Waals surface area (Å²) >= 11 is 5.91. The van der Waals surface area contributed by atoms with Crippen LogP contribution in [0, 0.1) is 6.92 Å². The fourth-order valence-electron chi connectivity index (χ4n) is 1.64. The van der Waals surface area contributed by atoms with E-state index in [1.54, 1.807) is 0 Å². The molecule has 0 fully saturated rings. The lowest BCUT2D eigenvalue weighted by Gasteiger charge is -2.05. The Morgan fingerprint density at radius 3 is 2.79 bits per heavy atom. The average Bonchev–Trinajstić information content (AvgIpc) is 2.17. The molecule has 0 radical (unpaired) electrons. The van der Waals surface area contributed by atoms with E-state index in [0.29, 0.717) is 0 Å². The average molecular weight is 206 g/mol. The van der Waals surface area contributed by atoms with Crippen molar-refractivity contribution in [2.75, 3.05) is 0 Å². The monoisotopic (exact) mass is 205 g/mol. The van der Waals surface area contributed by atoms with Gasteiger partial charge in [-0.15, -0.1) is 0 Å². The molecule has 0 N–H and O–H groups in total. The first kappa shape index (κ1) is 9.47. The smallest absolute Gasteiger partial charge is 0.0720 e. The first-order valence-electron chi connectivity index (χ1n) is 4.76. The van der Waals surface area contributed by atoms with Crippen molar-refractivity contribution in [3.05, 3.63) is 40.5 Å². The predicted octanol–water partition coefficient (Wildman–Crippen LogP) is 3.76. The second-order valence-electron chi connectivity index (χ2n) is 3.44. The van der Waals surface area contributed by atoms with E-state index in [2.05, 4.69) is 24.9 Å². The van der Waals surface area contributed by atoms with Crippen molar-refractivity contribution < 1.29 is 0 Å². The summed E-state index contributed by atoms with van der Waals surface area (Å²) in [5.74, 6) is 0. The van der Waals surface area contributed by atoms with Crippen molar-refractivity contribution in [1.82, 2.24) is 4.98 Å². The molecule has 72 valence electrons. The Bertz CT molecular complexity index is 477. The molecule has 0 aliphatic heterocycles. The molecule has 2 aromatic rings. The summed E-state index contributed by atoms with van der Waals surface area (Å²) in [5, 5.41) is 1.90. The Labute approximate surface area is 88.7 Å². The Morgan fingerprint density at radius 2 is 2.07 bits per heavy atom. The number of hydrogen-bond donors (Lipinski definition) is 0. The summed E-state index contributed by atoms with van der Waals surface area (Å²) in [5.41, 5.74) is 3.39. The fraction of sp³-hybridized carbons (Fsp3) is 0.250. The third kappa shape index (κ3) is 1.60. The molecule has 1 heterocycles. The summed E-state index contributed by atoms with van der Waals surface area (Å²) in [6, 6.07) is 7.99. The van der Waals surface area contributed by atoms with E-state index in [9.17, 15) is 0 Å². The number of benzene rings is 1. The Hall–Kier alpha value is -1.08. The first-order valence-corrected chi connectivity index (χ1v) is 5.14. The number of halogens is 1. The van der Waals surface area contributed by atoms with Gasteiger partial charge in [-0.25, -0.2) is 0 Å². The molecule has 0 saturated heterocycles. The highest BCUT2D eigenvalue weighted by molar-refractivity contribution is 6.31. The molecule has 0 aliphatic rings. The summed E-state index contributed by atoms with van der Waals surface area (Å²) in [4.78, 5) is 4.57. The quantitative estimate of drug-likeness (QED) is 0.691. The SMILES string of the molecule is CCc1nc2cc(Cl)ccc2cc1C. The van der Waals surface area contributed by atoms with E-state index in [0.717, 1.165) is 28.0 Å². The van der Waals surface area contributed by atoms with Crippen LogP contribution in [0.1, 0.15) is 18.2 Å². The molecule has 1 aromatic carbocycles. The highest BCUT2D eigenvalue weighted by Gasteiger charge is 2.01. The molecule has 2 heteroatoms. The van der Waals surface area contributed by atoms with Gasteiger partial charge in [0.1, 0.15) is 0 Å². The number of aryl methyl sites for hydroxylation is 2.